The third kappa shape index (κ3) is 5.47. The molecular weight excluding hydrogens is 294 g/mol. The first kappa shape index (κ1) is 16.5. The summed E-state index contributed by atoms with van der Waals surface area (Å²) in [6, 6.07) is 10.8. The molecule has 0 radical (unpaired) electrons. The summed E-state index contributed by atoms with van der Waals surface area (Å²) in [4.78, 5) is 28.7. The zero-order valence-electron chi connectivity index (χ0n) is 12.5. The van der Waals surface area contributed by atoms with E-state index in [9.17, 15) is 9.59 Å². The predicted molar refractivity (Wildman–Crippen MR) is 84.9 cm³/mol. The molecular formula is C17H17N3O3. The molecule has 1 aromatic heterocycles. The first-order chi connectivity index (χ1) is 11.2. The van der Waals surface area contributed by atoms with Crippen LogP contribution in [-0.4, -0.2) is 22.1 Å². The number of carbonyl (C=O) groups excluding carboxylic acids is 1. The first-order valence-electron chi connectivity index (χ1n) is 7.21. The highest BCUT2D eigenvalue weighted by atomic mass is 16.4. The van der Waals surface area contributed by atoms with Gasteiger partial charge in [0.25, 0.3) is 0 Å². The van der Waals surface area contributed by atoms with Crippen molar-refractivity contribution in [2.24, 2.45) is 4.99 Å². The summed E-state index contributed by atoms with van der Waals surface area (Å²) in [6.45, 7) is 0.590. The maximum absolute atomic E-state index is 10.9. The van der Waals surface area contributed by atoms with Crippen LogP contribution in [0.1, 0.15) is 30.0 Å². The van der Waals surface area contributed by atoms with Crippen molar-refractivity contribution in [3.05, 3.63) is 59.9 Å². The molecule has 1 atom stereocenters. The number of benzene rings is 1. The minimum Gasteiger partial charge on any atom is -0.481 e. The van der Waals surface area contributed by atoms with Gasteiger partial charge in [-0.1, -0.05) is 18.2 Å². The average molecular weight is 311 g/mol. The topological polar surface area (TPSA) is 91.7 Å². The Morgan fingerprint density at radius 3 is 2.70 bits per heavy atom. The molecule has 0 spiro atoms. The Morgan fingerprint density at radius 2 is 2.09 bits per heavy atom. The Kier molecular flexibility index (Phi) is 6.17. The van der Waals surface area contributed by atoms with Crippen LogP contribution in [0.3, 0.4) is 0 Å². The van der Waals surface area contributed by atoms with Gasteiger partial charge in [0.05, 0.1) is 5.69 Å². The Bertz CT molecular complexity index is 680. The van der Waals surface area contributed by atoms with Crippen molar-refractivity contribution in [2.45, 2.75) is 25.4 Å². The van der Waals surface area contributed by atoms with Crippen LogP contribution in [0, 0.1) is 0 Å². The van der Waals surface area contributed by atoms with Gasteiger partial charge in [-0.2, -0.15) is 4.99 Å². The van der Waals surface area contributed by atoms with Crippen LogP contribution in [0.5, 0.6) is 0 Å². The van der Waals surface area contributed by atoms with E-state index in [4.69, 9.17) is 5.11 Å². The Balaban J connectivity index is 2.09. The molecule has 0 amide bonds. The fourth-order valence-corrected chi connectivity index (χ4v) is 2.23. The van der Waals surface area contributed by atoms with Gasteiger partial charge in [-0.25, -0.2) is 4.79 Å². The number of aliphatic imine (C=N–C) groups is 1. The van der Waals surface area contributed by atoms with Gasteiger partial charge in [-0.15, -0.1) is 0 Å². The van der Waals surface area contributed by atoms with E-state index in [1.165, 1.54) is 6.08 Å². The standard InChI is InChI=1S/C17H17N3O3/c21-12-20-15-5-3-14(4-6-15)16(7-8-17(22)23)19-11-13-2-1-9-18-10-13/h1-6,9-10,16,19H,7-8,11H2,(H,22,23). The molecule has 2 N–H and O–H groups in total. The highest BCUT2D eigenvalue weighted by Gasteiger charge is 2.13. The van der Waals surface area contributed by atoms with Crippen LogP contribution >= 0.6 is 0 Å². The van der Waals surface area contributed by atoms with Gasteiger partial charge in [0.2, 0.25) is 6.08 Å². The monoisotopic (exact) mass is 311 g/mol. The van der Waals surface area contributed by atoms with Crippen molar-refractivity contribution >= 4 is 17.7 Å². The van der Waals surface area contributed by atoms with E-state index in [1.54, 1.807) is 24.5 Å². The number of rotatable bonds is 8. The predicted octanol–water partition coefficient (Wildman–Crippen LogP) is 2.74. The summed E-state index contributed by atoms with van der Waals surface area (Å²) in [5.41, 5.74) is 2.49. The van der Waals surface area contributed by atoms with Crippen LogP contribution in [0.15, 0.2) is 53.8 Å². The Labute approximate surface area is 133 Å². The zero-order chi connectivity index (χ0) is 16.5. The third-order valence-corrected chi connectivity index (χ3v) is 3.39. The average Bonchev–Trinajstić information content (AvgIpc) is 2.57. The molecule has 0 aliphatic rings. The molecule has 23 heavy (non-hydrogen) atoms. The number of carbonyl (C=O) groups is 1. The second-order valence-corrected chi connectivity index (χ2v) is 5.02. The quantitative estimate of drug-likeness (QED) is 0.578. The summed E-state index contributed by atoms with van der Waals surface area (Å²) in [5, 5.41) is 12.3. The van der Waals surface area contributed by atoms with Crippen LogP contribution in [-0.2, 0) is 16.1 Å². The SMILES string of the molecule is O=C=Nc1ccc(C(CCC(=O)O)NCc2cccnc2)cc1. The minimum atomic E-state index is -0.833. The summed E-state index contributed by atoms with van der Waals surface area (Å²) < 4.78 is 0. The molecule has 0 aliphatic heterocycles. The van der Waals surface area contributed by atoms with Gasteiger partial charge in [0, 0.05) is 31.4 Å². The van der Waals surface area contributed by atoms with Crippen molar-refractivity contribution in [1.82, 2.24) is 10.3 Å². The van der Waals surface area contributed by atoms with E-state index in [0.29, 0.717) is 18.7 Å². The van der Waals surface area contributed by atoms with Crippen molar-refractivity contribution in [1.29, 1.82) is 0 Å². The summed E-state index contributed by atoms with van der Waals surface area (Å²) in [6.07, 6.45) is 5.50. The van der Waals surface area contributed by atoms with Crippen LogP contribution in [0.2, 0.25) is 0 Å². The number of isocyanates is 1. The van der Waals surface area contributed by atoms with Gasteiger partial charge >= 0.3 is 5.97 Å². The van der Waals surface area contributed by atoms with Crippen LogP contribution < -0.4 is 5.32 Å². The van der Waals surface area contributed by atoms with Crippen LogP contribution in [0.4, 0.5) is 5.69 Å². The van der Waals surface area contributed by atoms with E-state index in [0.717, 1.165) is 11.1 Å². The second kappa shape index (κ2) is 8.58. The van der Waals surface area contributed by atoms with E-state index < -0.39 is 5.97 Å². The van der Waals surface area contributed by atoms with Crippen molar-refractivity contribution in [3.8, 4) is 0 Å². The number of aliphatic carboxylic acids is 1. The molecule has 0 bridgehead atoms. The molecule has 0 saturated carbocycles. The third-order valence-electron chi connectivity index (χ3n) is 3.39. The fourth-order valence-electron chi connectivity index (χ4n) is 2.23. The Morgan fingerprint density at radius 1 is 1.30 bits per heavy atom. The maximum Gasteiger partial charge on any atom is 0.303 e. The lowest BCUT2D eigenvalue weighted by molar-refractivity contribution is -0.137. The molecule has 118 valence electrons. The normalized spacial score (nSPS) is 11.5. The smallest absolute Gasteiger partial charge is 0.303 e. The molecule has 0 saturated heterocycles. The number of carboxylic acid groups (broad SMARTS) is 1. The van der Waals surface area contributed by atoms with E-state index >= 15 is 0 Å². The lowest BCUT2D eigenvalue weighted by Crippen LogP contribution is -2.22. The molecule has 6 nitrogen and oxygen atoms in total. The molecule has 0 aliphatic carbocycles. The molecule has 1 unspecified atom stereocenters. The fraction of sp³-hybridized carbons (Fsp3) is 0.235. The number of nitrogens with one attached hydrogen (secondary N) is 1. The molecule has 2 aromatic rings. The lowest BCUT2D eigenvalue weighted by atomic mass is 10.0. The lowest BCUT2D eigenvalue weighted by Gasteiger charge is -2.18. The molecule has 6 heteroatoms. The van der Waals surface area contributed by atoms with Gasteiger partial charge < -0.3 is 10.4 Å². The summed E-state index contributed by atoms with van der Waals surface area (Å²) in [5.74, 6) is -0.833. The van der Waals surface area contributed by atoms with E-state index in [-0.39, 0.29) is 12.5 Å². The van der Waals surface area contributed by atoms with E-state index in [1.807, 2.05) is 24.3 Å². The van der Waals surface area contributed by atoms with Gasteiger partial charge in [0.15, 0.2) is 0 Å². The van der Waals surface area contributed by atoms with Crippen molar-refractivity contribution < 1.29 is 14.7 Å². The number of aromatic nitrogens is 1. The zero-order valence-corrected chi connectivity index (χ0v) is 12.5. The largest absolute Gasteiger partial charge is 0.481 e. The van der Waals surface area contributed by atoms with Crippen molar-refractivity contribution in [3.63, 3.8) is 0 Å². The molecule has 0 fully saturated rings. The maximum atomic E-state index is 10.9. The van der Waals surface area contributed by atoms with Crippen LogP contribution in [0.25, 0.3) is 0 Å². The number of carboxylic acids is 1. The minimum absolute atomic E-state index is 0.0684. The number of nitrogens with zero attached hydrogens (tertiary/aromatic N) is 2. The number of hydrogen-bond acceptors (Lipinski definition) is 5. The highest BCUT2D eigenvalue weighted by molar-refractivity contribution is 5.66. The second-order valence-electron chi connectivity index (χ2n) is 5.02. The van der Waals surface area contributed by atoms with E-state index in [2.05, 4.69) is 15.3 Å². The van der Waals surface area contributed by atoms with Gasteiger partial charge in [0.1, 0.15) is 0 Å². The molecule has 1 aromatic carbocycles. The molecule has 1 heterocycles. The Hall–Kier alpha value is -2.82. The first-order valence-corrected chi connectivity index (χ1v) is 7.21. The highest BCUT2D eigenvalue weighted by Crippen LogP contribution is 2.22. The van der Waals surface area contributed by atoms with Gasteiger partial charge in [-0.3, -0.25) is 9.78 Å². The summed E-state index contributed by atoms with van der Waals surface area (Å²) in [7, 11) is 0. The number of pyridine rings is 1. The summed E-state index contributed by atoms with van der Waals surface area (Å²) >= 11 is 0. The molecule has 2 rings (SSSR count). The van der Waals surface area contributed by atoms with Gasteiger partial charge in [-0.05, 0) is 35.7 Å². The van der Waals surface area contributed by atoms with Crippen molar-refractivity contribution in [2.75, 3.05) is 0 Å². The number of hydrogen-bond donors (Lipinski definition) is 2.